The Bertz CT molecular complexity index is 1340. The summed E-state index contributed by atoms with van der Waals surface area (Å²) in [5.41, 5.74) is 13.2. The summed E-state index contributed by atoms with van der Waals surface area (Å²) < 4.78 is 5.30. The molecule has 0 aliphatic heterocycles. The highest BCUT2D eigenvalue weighted by atomic mass is 16.5. The van der Waals surface area contributed by atoms with Crippen molar-refractivity contribution >= 4 is 23.5 Å². The largest absolute Gasteiger partial charge is 0.504 e. The van der Waals surface area contributed by atoms with Gasteiger partial charge in [0.25, 0.3) is 0 Å². The van der Waals surface area contributed by atoms with Crippen molar-refractivity contribution < 1.29 is 19.4 Å². The number of rotatable bonds is 15. The maximum Gasteiger partial charge on any atom is 0.163 e. The number of hydrogen-bond acceptors (Lipinski definition) is 6. The lowest BCUT2D eigenvalue weighted by molar-refractivity contribution is -0.124. The monoisotopic (exact) mass is 542 g/mol. The molecule has 3 rings (SSSR count). The van der Waals surface area contributed by atoms with E-state index in [0.717, 1.165) is 47.9 Å². The van der Waals surface area contributed by atoms with Crippen LogP contribution in [0.2, 0.25) is 0 Å². The Balaban J connectivity index is 1.76. The summed E-state index contributed by atoms with van der Waals surface area (Å²) >= 11 is 0. The molecule has 0 amide bonds. The number of allylic oxidation sites excluding steroid dienone is 1. The molecule has 0 aliphatic carbocycles. The zero-order valence-corrected chi connectivity index (χ0v) is 24.3. The zero-order chi connectivity index (χ0) is 29.1. The van der Waals surface area contributed by atoms with Gasteiger partial charge in [0.1, 0.15) is 11.6 Å². The molecule has 0 unspecified atom stereocenters. The van der Waals surface area contributed by atoms with E-state index in [9.17, 15) is 14.7 Å². The van der Waals surface area contributed by atoms with Crippen molar-refractivity contribution in [2.45, 2.75) is 78.6 Å². The van der Waals surface area contributed by atoms with Crippen LogP contribution in [0.4, 0.5) is 5.82 Å². The molecule has 0 aliphatic rings. The van der Waals surface area contributed by atoms with Gasteiger partial charge in [-0.15, -0.1) is 0 Å². The average Bonchev–Trinajstić information content (AvgIpc) is 2.89. The molecular formula is C34H42N2O4. The van der Waals surface area contributed by atoms with Crippen LogP contribution < -0.4 is 10.5 Å². The first-order valence-electron chi connectivity index (χ1n) is 14.1. The van der Waals surface area contributed by atoms with E-state index in [1.807, 2.05) is 6.07 Å². The zero-order valence-electron chi connectivity index (χ0n) is 24.3. The Morgan fingerprint density at radius 1 is 0.925 bits per heavy atom. The Kier molecular flexibility index (Phi) is 11.5. The number of ether oxygens (including phenoxy) is 1. The Hall–Kier alpha value is -3.93. The number of aromatic nitrogens is 1. The van der Waals surface area contributed by atoms with Crippen LogP contribution in [-0.2, 0) is 22.4 Å². The van der Waals surface area contributed by atoms with E-state index in [-0.39, 0.29) is 23.7 Å². The molecule has 0 spiro atoms. The summed E-state index contributed by atoms with van der Waals surface area (Å²) in [6.45, 7) is 6.31. The number of nitrogen functional groups attached to an aromatic ring is 1. The molecular weight excluding hydrogens is 500 g/mol. The van der Waals surface area contributed by atoms with Gasteiger partial charge in [0, 0.05) is 19.0 Å². The van der Waals surface area contributed by atoms with E-state index >= 15 is 0 Å². The molecule has 40 heavy (non-hydrogen) atoms. The predicted octanol–water partition coefficient (Wildman–Crippen LogP) is 7.08. The first kappa shape index (κ1) is 30.6. The van der Waals surface area contributed by atoms with Gasteiger partial charge < -0.3 is 15.6 Å². The van der Waals surface area contributed by atoms with Gasteiger partial charge in [-0.3, -0.25) is 9.59 Å². The second-order valence-corrected chi connectivity index (χ2v) is 10.6. The maximum atomic E-state index is 12.5. The second-order valence-electron chi connectivity index (χ2n) is 10.6. The number of aryl methyl sites for hydroxylation is 2. The van der Waals surface area contributed by atoms with Crippen LogP contribution in [-0.4, -0.2) is 28.8 Å². The van der Waals surface area contributed by atoms with Crippen LogP contribution in [0.3, 0.4) is 0 Å². The van der Waals surface area contributed by atoms with Crippen molar-refractivity contribution in [3.05, 3.63) is 87.6 Å². The Morgan fingerprint density at radius 2 is 1.62 bits per heavy atom. The first-order chi connectivity index (χ1) is 19.2. The first-order valence-corrected chi connectivity index (χ1v) is 14.1. The minimum Gasteiger partial charge on any atom is -0.504 e. The molecule has 0 radical (unpaired) electrons. The lowest BCUT2D eigenvalue weighted by atomic mass is 9.96. The molecule has 3 aromatic rings. The highest BCUT2D eigenvalue weighted by molar-refractivity contribution is 6.06. The minimum absolute atomic E-state index is 0.0121. The number of anilines is 1. The number of Topliss-reactive ketones (excluding diaryl/α,β-unsaturated/α-hetero) is 1. The lowest BCUT2D eigenvalue weighted by Crippen LogP contribution is -2.05. The number of aromatic hydroxyl groups is 1. The number of nitrogens with two attached hydrogens (primary N) is 1. The van der Waals surface area contributed by atoms with Crippen LogP contribution in [0.15, 0.2) is 48.7 Å². The number of pyridine rings is 1. The molecule has 0 bridgehead atoms. The van der Waals surface area contributed by atoms with Crippen LogP contribution in [0.5, 0.6) is 11.5 Å². The fraction of sp³-hybridized carbons (Fsp3) is 0.382. The molecule has 1 heterocycles. The summed E-state index contributed by atoms with van der Waals surface area (Å²) in [5, 5.41) is 10.5. The van der Waals surface area contributed by atoms with Crippen LogP contribution in [0.25, 0.3) is 6.08 Å². The Morgan fingerprint density at radius 3 is 2.33 bits per heavy atom. The molecule has 212 valence electrons. The molecule has 0 atom stereocenters. The number of benzene rings is 2. The summed E-state index contributed by atoms with van der Waals surface area (Å²) in [4.78, 5) is 29.2. The van der Waals surface area contributed by atoms with Crippen LogP contribution >= 0.6 is 0 Å². The number of unbranched alkanes of at least 4 members (excludes halogenated alkanes) is 4. The van der Waals surface area contributed by atoms with Crippen molar-refractivity contribution in [3.63, 3.8) is 0 Å². The number of nitrogens with zero attached hydrogens (tertiary/aromatic N) is 1. The number of carbonyl (C=O) groups excluding carboxylic acids is 2. The topological polar surface area (TPSA) is 103 Å². The molecule has 0 saturated carbocycles. The van der Waals surface area contributed by atoms with Crippen molar-refractivity contribution in [1.29, 1.82) is 0 Å². The van der Waals surface area contributed by atoms with Gasteiger partial charge in [0.05, 0.1) is 13.5 Å². The molecule has 0 saturated heterocycles. The van der Waals surface area contributed by atoms with Crippen molar-refractivity contribution in [1.82, 2.24) is 4.98 Å². The van der Waals surface area contributed by atoms with E-state index in [1.165, 1.54) is 36.3 Å². The lowest BCUT2D eigenvalue weighted by Gasteiger charge is -2.13. The fourth-order valence-corrected chi connectivity index (χ4v) is 4.97. The van der Waals surface area contributed by atoms with E-state index in [2.05, 4.69) is 44.0 Å². The Labute approximate surface area is 238 Å². The highest BCUT2D eigenvalue weighted by Crippen LogP contribution is 2.32. The second kappa shape index (κ2) is 15.0. The standard InChI is InChI=1S/C34H42N2O4/c1-5-6-7-8-9-10-30(37)21-31(38)12-11-27-20-33(40-4)32(39)19-28(27)17-26-18-29(34(35)36-22-26)16-25-14-23(2)13-24(3)15-25/h11-15,18-20,22,39H,5-10,16-17,21H2,1-4H3,(H2,35,36). The highest BCUT2D eigenvalue weighted by Gasteiger charge is 2.13. The van der Waals surface area contributed by atoms with Gasteiger partial charge >= 0.3 is 0 Å². The third kappa shape index (κ3) is 9.37. The summed E-state index contributed by atoms with van der Waals surface area (Å²) in [5.74, 6) is 0.546. The summed E-state index contributed by atoms with van der Waals surface area (Å²) in [6.07, 6.45) is 11.6. The fourth-order valence-electron chi connectivity index (χ4n) is 4.97. The van der Waals surface area contributed by atoms with Crippen LogP contribution in [0.1, 0.15) is 90.8 Å². The molecule has 6 nitrogen and oxygen atoms in total. The van der Waals surface area contributed by atoms with Crippen molar-refractivity contribution in [2.75, 3.05) is 12.8 Å². The van der Waals surface area contributed by atoms with Gasteiger partial charge in [0.15, 0.2) is 17.3 Å². The summed E-state index contributed by atoms with van der Waals surface area (Å²) in [7, 11) is 1.48. The normalized spacial score (nSPS) is 11.2. The molecule has 3 N–H and O–H groups in total. The van der Waals surface area contributed by atoms with Gasteiger partial charge in [-0.2, -0.15) is 0 Å². The third-order valence-corrected chi connectivity index (χ3v) is 6.95. The van der Waals surface area contributed by atoms with Crippen molar-refractivity contribution in [3.8, 4) is 11.5 Å². The summed E-state index contributed by atoms with van der Waals surface area (Å²) in [6, 6.07) is 11.8. The van der Waals surface area contributed by atoms with E-state index in [4.69, 9.17) is 10.5 Å². The molecule has 0 fully saturated rings. The number of hydrogen-bond donors (Lipinski definition) is 2. The maximum absolute atomic E-state index is 12.5. The van der Waals surface area contributed by atoms with Gasteiger partial charge in [-0.25, -0.2) is 4.98 Å². The van der Waals surface area contributed by atoms with Crippen LogP contribution in [0, 0.1) is 13.8 Å². The number of phenols is 1. The average molecular weight is 543 g/mol. The van der Waals surface area contributed by atoms with Gasteiger partial charge in [-0.05, 0) is 78.8 Å². The minimum atomic E-state index is -0.235. The number of methoxy groups -OCH3 is 1. The molecule has 2 aromatic carbocycles. The number of ketones is 2. The predicted molar refractivity (Wildman–Crippen MR) is 162 cm³/mol. The quantitative estimate of drug-likeness (QED) is 0.121. The van der Waals surface area contributed by atoms with Gasteiger partial charge in [0.2, 0.25) is 0 Å². The SMILES string of the molecule is CCCCCCCC(=O)CC(=O)C=Cc1cc(OC)c(O)cc1Cc1cnc(N)c(Cc2cc(C)cc(C)c2)c1. The molecule has 1 aromatic heterocycles. The van der Waals surface area contributed by atoms with Gasteiger partial charge in [-0.1, -0.05) is 68.0 Å². The van der Waals surface area contributed by atoms with E-state index in [1.54, 1.807) is 24.4 Å². The number of phenolic OH excluding ortho intramolecular Hbond substituents is 1. The van der Waals surface area contributed by atoms with E-state index in [0.29, 0.717) is 30.8 Å². The molecule has 6 heteroatoms. The smallest absolute Gasteiger partial charge is 0.163 e. The van der Waals surface area contributed by atoms with E-state index < -0.39 is 0 Å². The third-order valence-electron chi connectivity index (χ3n) is 6.95. The number of carbonyl (C=O) groups is 2. The van der Waals surface area contributed by atoms with Crippen molar-refractivity contribution in [2.24, 2.45) is 0 Å².